The van der Waals surface area contributed by atoms with Gasteiger partial charge in [0.15, 0.2) is 5.96 Å². The Kier molecular flexibility index (Phi) is 10.4. The molecule has 0 heterocycles. The minimum atomic E-state index is 0.542. The van der Waals surface area contributed by atoms with E-state index in [1.807, 2.05) is 18.7 Å². The van der Waals surface area contributed by atoms with Crippen molar-refractivity contribution >= 4 is 17.7 Å². The second-order valence-corrected chi connectivity index (χ2v) is 6.79. The maximum Gasteiger partial charge on any atom is 0.191 e. The highest BCUT2D eigenvalue weighted by Crippen LogP contribution is 2.20. The first-order valence-corrected chi connectivity index (χ1v) is 9.66. The van der Waals surface area contributed by atoms with E-state index in [4.69, 9.17) is 9.47 Å². The van der Waals surface area contributed by atoms with Gasteiger partial charge in [0, 0.05) is 37.6 Å². The summed E-state index contributed by atoms with van der Waals surface area (Å²) in [6.45, 7) is 9.66. The summed E-state index contributed by atoms with van der Waals surface area (Å²) in [5.74, 6) is 1.70. The third-order valence-electron chi connectivity index (χ3n) is 3.54. The van der Waals surface area contributed by atoms with Crippen LogP contribution >= 0.6 is 11.8 Å². The molecule has 0 aliphatic rings. The lowest BCUT2D eigenvalue weighted by Crippen LogP contribution is -2.39. The fourth-order valence-corrected chi connectivity index (χ4v) is 2.27. The van der Waals surface area contributed by atoms with Crippen LogP contribution in [0.3, 0.4) is 0 Å². The maximum absolute atomic E-state index is 5.87. The molecule has 0 radical (unpaired) electrons. The Hall–Kier alpha value is -1.40. The van der Waals surface area contributed by atoms with Gasteiger partial charge in [-0.05, 0) is 31.7 Å². The highest BCUT2D eigenvalue weighted by Gasteiger charge is 2.07. The Morgan fingerprint density at radius 1 is 1.29 bits per heavy atom. The van der Waals surface area contributed by atoms with Gasteiger partial charge >= 0.3 is 0 Å². The molecule has 1 atom stereocenters. The van der Waals surface area contributed by atoms with Crippen LogP contribution in [0.1, 0.15) is 25.0 Å². The Labute approximate surface area is 150 Å². The summed E-state index contributed by atoms with van der Waals surface area (Å²) >= 11 is 1.83. The molecule has 2 N–H and O–H groups in total. The van der Waals surface area contributed by atoms with Crippen LogP contribution in [-0.4, -0.2) is 50.9 Å². The summed E-state index contributed by atoms with van der Waals surface area (Å²) in [5.41, 5.74) is 2.29. The zero-order chi connectivity index (χ0) is 17.8. The molecule has 0 amide bonds. The van der Waals surface area contributed by atoms with E-state index in [2.05, 4.69) is 53.9 Å². The number of hydrogen-bond donors (Lipinski definition) is 2. The molecule has 1 aromatic carbocycles. The van der Waals surface area contributed by atoms with Crippen molar-refractivity contribution in [2.45, 2.75) is 32.6 Å². The predicted octanol–water partition coefficient (Wildman–Crippen LogP) is 2.83. The Morgan fingerprint density at radius 2 is 2.08 bits per heavy atom. The van der Waals surface area contributed by atoms with Gasteiger partial charge in [-0.3, -0.25) is 4.99 Å². The van der Waals surface area contributed by atoms with Crippen molar-refractivity contribution in [3.8, 4) is 5.75 Å². The molecule has 5 nitrogen and oxygen atoms in total. The molecule has 0 saturated carbocycles. The van der Waals surface area contributed by atoms with Crippen molar-refractivity contribution < 1.29 is 9.47 Å². The van der Waals surface area contributed by atoms with E-state index in [1.54, 1.807) is 7.05 Å². The molecule has 0 saturated heterocycles. The average Bonchev–Trinajstić information content (AvgIpc) is 2.59. The maximum atomic E-state index is 5.87. The van der Waals surface area contributed by atoms with E-state index in [0.717, 1.165) is 23.8 Å². The molecule has 1 aromatic rings. The zero-order valence-corrected chi connectivity index (χ0v) is 16.3. The van der Waals surface area contributed by atoms with Gasteiger partial charge in [-0.2, -0.15) is 11.8 Å². The van der Waals surface area contributed by atoms with E-state index >= 15 is 0 Å². The molecule has 0 aromatic heterocycles. The summed E-state index contributed by atoms with van der Waals surface area (Å²) in [6, 6.07) is 6.25. The topological polar surface area (TPSA) is 54.9 Å². The minimum absolute atomic E-state index is 0.542. The van der Waals surface area contributed by atoms with Crippen LogP contribution in [0.5, 0.6) is 5.75 Å². The number of guanidine groups is 1. The van der Waals surface area contributed by atoms with E-state index < -0.39 is 0 Å². The lowest BCUT2D eigenvalue weighted by Gasteiger charge is -2.17. The minimum Gasteiger partial charge on any atom is -0.491 e. The SMILES string of the molecule is CCOCCOc1cc(C)ccc1CNC(=NC)NCC(C)SC. The molecule has 0 aliphatic heterocycles. The van der Waals surface area contributed by atoms with Gasteiger partial charge in [0.05, 0.1) is 6.61 Å². The Bertz CT molecular complexity index is 509. The quantitative estimate of drug-likeness (QED) is 0.385. The van der Waals surface area contributed by atoms with E-state index in [9.17, 15) is 0 Å². The van der Waals surface area contributed by atoms with Crippen LogP contribution in [0.4, 0.5) is 0 Å². The normalized spacial score (nSPS) is 12.8. The van der Waals surface area contributed by atoms with Crippen LogP contribution in [0, 0.1) is 6.92 Å². The standard InChI is InChI=1S/C18H31N3O2S/c1-6-22-9-10-23-17-11-14(2)7-8-16(17)13-21-18(19-4)20-12-15(3)24-5/h7-8,11,15H,6,9-10,12-13H2,1-5H3,(H2,19,20,21). The van der Waals surface area contributed by atoms with Crippen molar-refractivity contribution in [3.05, 3.63) is 29.3 Å². The zero-order valence-electron chi connectivity index (χ0n) is 15.5. The van der Waals surface area contributed by atoms with Crippen LogP contribution in [0.15, 0.2) is 23.2 Å². The number of benzene rings is 1. The molecule has 0 fully saturated rings. The van der Waals surface area contributed by atoms with Crippen molar-refractivity contribution in [2.75, 3.05) is 39.7 Å². The third-order valence-corrected chi connectivity index (χ3v) is 4.51. The molecular weight excluding hydrogens is 322 g/mol. The molecule has 0 bridgehead atoms. The predicted molar refractivity (Wildman–Crippen MR) is 104 cm³/mol. The van der Waals surface area contributed by atoms with Gasteiger partial charge in [0.25, 0.3) is 0 Å². The van der Waals surface area contributed by atoms with Crippen molar-refractivity contribution in [1.29, 1.82) is 0 Å². The summed E-state index contributed by atoms with van der Waals surface area (Å²) in [5, 5.41) is 7.23. The number of thioether (sulfide) groups is 1. The summed E-state index contributed by atoms with van der Waals surface area (Å²) < 4.78 is 11.2. The highest BCUT2D eigenvalue weighted by molar-refractivity contribution is 7.99. The third kappa shape index (κ3) is 7.93. The van der Waals surface area contributed by atoms with Crippen LogP contribution < -0.4 is 15.4 Å². The number of ether oxygens (including phenoxy) is 2. The number of hydrogen-bond acceptors (Lipinski definition) is 4. The lowest BCUT2D eigenvalue weighted by atomic mass is 10.1. The smallest absolute Gasteiger partial charge is 0.191 e. The number of aliphatic imine (C=N–C) groups is 1. The summed E-state index contributed by atoms with van der Waals surface area (Å²) in [4.78, 5) is 4.27. The van der Waals surface area contributed by atoms with Crippen molar-refractivity contribution in [2.24, 2.45) is 4.99 Å². The first-order valence-electron chi connectivity index (χ1n) is 8.38. The Balaban J connectivity index is 2.58. The van der Waals surface area contributed by atoms with E-state index in [-0.39, 0.29) is 0 Å². The molecule has 0 aliphatic carbocycles. The number of aryl methyl sites for hydroxylation is 1. The lowest BCUT2D eigenvalue weighted by molar-refractivity contribution is 0.110. The van der Waals surface area contributed by atoms with Crippen LogP contribution in [0.2, 0.25) is 0 Å². The molecular formula is C18H31N3O2S. The molecule has 6 heteroatoms. The second-order valence-electron chi connectivity index (χ2n) is 5.51. The largest absolute Gasteiger partial charge is 0.491 e. The summed E-state index contributed by atoms with van der Waals surface area (Å²) in [7, 11) is 1.79. The van der Waals surface area contributed by atoms with Gasteiger partial charge in [-0.25, -0.2) is 0 Å². The first kappa shape index (κ1) is 20.6. The van der Waals surface area contributed by atoms with Crippen molar-refractivity contribution in [1.82, 2.24) is 10.6 Å². The van der Waals surface area contributed by atoms with Gasteiger partial charge in [0.1, 0.15) is 12.4 Å². The highest BCUT2D eigenvalue weighted by atomic mass is 32.2. The molecule has 1 unspecified atom stereocenters. The monoisotopic (exact) mass is 353 g/mol. The van der Waals surface area contributed by atoms with E-state index in [1.165, 1.54) is 5.56 Å². The van der Waals surface area contributed by atoms with Crippen molar-refractivity contribution in [3.63, 3.8) is 0 Å². The Morgan fingerprint density at radius 3 is 2.75 bits per heavy atom. The van der Waals surface area contributed by atoms with Crippen LogP contribution in [-0.2, 0) is 11.3 Å². The van der Waals surface area contributed by atoms with Gasteiger partial charge < -0.3 is 20.1 Å². The summed E-state index contributed by atoms with van der Waals surface area (Å²) in [6.07, 6.45) is 2.11. The first-order chi connectivity index (χ1) is 11.6. The van der Waals surface area contributed by atoms with Gasteiger partial charge in [-0.15, -0.1) is 0 Å². The van der Waals surface area contributed by atoms with Gasteiger partial charge in [0.2, 0.25) is 0 Å². The molecule has 0 spiro atoms. The van der Waals surface area contributed by atoms with Gasteiger partial charge in [-0.1, -0.05) is 19.1 Å². The number of rotatable bonds is 10. The number of nitrogens with zero attached hydrogens (tertiary/aromatic N) is 1. The number of nitrogens with one attached hydrogen (secondary N) is 2. The molecule has 24 heavy (non-hydrogen) atoms. The molecule has 136 valence electrons. The fraction of sp³-hybridized carbons (Fsp3) is 0.611. The fourth-order valence-electron chi connectivity index (χ4n) is 2.02. The van der Waals surface area contributed by atoms with Crippen LogP contribution in [0.25, 0.3) is 0 Å². The second kappa shape index (κ2) is 12.0. The average molecular weight is 354 g/mol. The van der Waals surface area contributed by atoms with E-state index in [0.29, 0.717) is 31.6 Å². The molecule has 1 rings (SSSR count).